The fourth-order valence-corrected chi connectivity index (χ4v) is 4.76. The Kier molecular flexibility index (Phi) is 5.96. The van der Waals surface area contributed by atoms with Gasteiger partial charge in [-0.2, -0.15) is 4.73 Å². The Labute approximate surface area is 186 Å². The van der Waals surface area contributed by atoms with Gasteiger partial charge in [-0.15, -0.1) is 0 Å². The molecule has 1 aliphatic rings. The summed E-state index contributed by atoms with van der Waals surface area (Å²) in [6, 6.07) is 17.9. The molecule has 0 unspecified atom stereocenters. The summed E-state index contributed by atoms with van der Waals surface area (Å²) in [4.78, 5) is 12.5. The number of hydrogen-bond donors (Lipinski definition) is 1. The number of carbonyl (C=O) groups is 1. The Hall–Kier alpha value is -3.65. The Balaban J connectivity index is 1.56. The van der Waals surface area contributed by atoms with Gasteiger partial charge in [0.2, 0.25) is 0 Å². The molecule has 0 saturated carbocycles. The van der Waals surface area contributed by atoms with Gasteiger partial charge in [-0.05, 0) is 30.2 Å². The third-order valence-corrected chi connectivity index (χ3v) is 6.54. The van der Waals surface area contributed by atoms with E-state index in [1.54, 1.807) is 6.07 Å². The molecular weight excluding hydrogens is 428 g/mol. The molecule has 2 aromatic carbocycles. The van der Waals surface area contributed by atoms with E-state index in [0.29, 0.717) is 22.7 Å². The van der Waals surface area contributed by atoms with Gasteiger partial charge in [0.25, 0.3) is 5.69 Å². The number of pyridine rings is 1. The fraction of sp³-hybridized carbons (Fsp3) is 0.167. The van der Waals surface area contributed by atoms with Crippen LogP contribution >= 0.6 is 0 Å². The predicted molar refractivity (Wildman–Crippen MR) is 121 cm³/mol. The summed E-state index contributed by atoms with van der Waals surface area (Å²) in [6.45, 7) is 2.31. The molecule has 2 heterocycles. The zero-order chi connectivity index (χ0) is 22.7. The maximum Gasteiger partial charge on any atom is 0.317 e. The molecule has 32 heavy (non-hydrogen) atoms. The van der Waals surface area contributed by atoms with Crippen LogP contribution in [0.2, 0.25) is 0 Å². The van der Waals surface area contributed by atoms with Crippen LogP contribution in [-0.2, 0) is 16.4 Å². The summed E-state index contributed by atoms with van der Waals surface area (Å²) in [6.07, 6.45) is 2.72. The molecule has 4 rings (SSSR count). The van der Waals surface area contributed by atoms with E-state index < -0.39 is 21.8 Å². The number of nitrogens with one attached hydrogen (secondary N) is 1. The number of amides is 1. The van der Waals surface area contributed by atoms with Crippen molar-refractivity contribution < 1.29 is 22.7 Å². The second-order valence-corrected chi connectivity index (χ2v) is 9.52. The molecule has 0 bridgehead atoms. The number of aromatic nitrogens is 1. The van der Waals surface area contributed by atoms with Gasteiger partial charge in [0.1, 0.15) is 12.4 Å². The van der Waals surface area contributed by atoms with E-state index in [9.17, 15) is 18.4 Å². The first-order valence-corrected chi connectivity index (χ1v) is 11.8. The van der Waals surface area contributed by atoms with Crippen molar-refractivity contribution in [1.29, 1.82) is 0 Å². The summed E-state index contributed by atoms with van der Waals surface area (Å²) in [7, 11) is -3.30. The van der Waals surface area contributed by atoms with Crippen LogP contribution < -0.4 is 14.8 Å². The van der Waals surface area contributed by atoms with Crippen molar-refractivity contribution in [2.45, 2.75) is 19.6 Å². The minimum absolute atomic E-state index is 0.120. The Morgan fingerprint density at radius 1 is 1.12 bits per heavy atom. The van der Waals surface area contributed by atoms with Crippen LogP contribution in [0.1, 0.15) is 21.6 Å². The summed E-state index contributed by atoms with van der Waals surface area (Å²) >= 11 is 0. The summed E-state index contributed by atoms with van der Waals surface area (Å²) in [5.74, 6) is -0.181. The molecule has 1 amide bonds. The zero-order valence-corrected chi connectivity index (χ0v) is 18.2. The predicted octanol–water partition coefficient (Wildman–Crippen LogP) is 2.91. The quantitative estimate of drug-likeness (QED) is 0.460. The Bertz CT molecular complexity index is 1290. The van der Waals surface area contributed by atoms with Gasteiger partial charge < -0.3 is 15.3 Å². The van der Waals surface area contributed by atoms with Gasteiger partial charge in [-0.25, -0.2) is 8.42 Å². The first-order valence-electron chi connectivity index (χ1n) is 10.0. The van der Waals surface area contributed by atoms with Crippen LogP contribution in [0.5, 0.6) is 5.75 Å². The van der Waals surface area contributed by atoms with E-state index >= 15 is 0 Å². The molecule has 1 N–H and O–H groups in total. The molecule has 0 saturated heterocycles. The highest BCUT2D eigenvalue weighted by Crippen LogP contribution is 2.33. The lowest BCUT2D eigenvalue weighted by atomic mass is 10.0. The number of benzene rings is 2. The van der Waals surface area contributed by atoms with E-state index in [4.69, 9.17) is 4.74 Å². The maximum absolute atomic E-state index is 12.6. The molecule has 3 aromatic rings. The van der Waals surface area contributed by atoms with Crippen molar-refractivity contribution in [2.24, 2.45) is 0 Å². The number of para-hydroxylation sites is 1. The highest BCUT2D eigenvalue weighted by atomic mass is 32.2. The first-order chi connectivity index (χ1) is 15.3. The van der Waals surface area contributed by atoms with E-state index in [2.05, 4.69) is 5.32 Å². The van der Waals surface area contributed by atoms with E-state index in [-0.39, 0.29) is 11.4 Å². The Morgan fingerprint density at radius 2 is 1.91 bits per heavy atom. The molecule has 164 valence electrons. The number of aryl methyl sites for hydroxylation is 1. The largest absolute Gasteiger partial charge is 0.618 e. The number of hydrogen-bond acceptors (Lipinski definition) is 5. The minimum Gasteiger partial charge on any atom is -0.618 e. The van der Waals surface area contributed by atoms with Crippen LogP contribution in [0.15, 0.2) is 78.3 Å². The number of rotatable bonds is 6. The van der Waals surface area contributed by atoms with E-state index in [1.165, 1.54) is 18.3 Å². The second kappa shape index (κ2) is 8.84. The van der Waals surface area contributed by atoms with Crippen molar-refractivity contribution in [3.05, 3.63) is 100 Å². The summed E-state index contributed by atoms with van der Waals surface area (Å²) in [5.41, 5.74) is 3.17. The molecule has 0 radical (unpaired) electrons. The summed E-state index contributed by atoms with van der Waals surface area (Å²) < 4.78 is 29.6. The van der Waals surface area contributed by atoms with E-state index in [1.807, 2.05) is 55.5 Å². The molecule has 1 aromatic heterocycles. The summed E-state index contributed by atoms with van der Waals surface area (Å²) in [5, 5.41) is 16.2. The molecule has 0 aliphatic carbocycles. The van der Waals surface area contributed by atoms with Crippen molar-refractivity contribution in [1.82, 2.24) is 5.32 Å². The standard InChI is InChI=1S/C24H22N2O5S/c1-17-6-5-9-21(23(17)31-15-18-7-3-2-4-8-18)19-10-11-22(26(28)14-19)24(27)25-20-12-13-32(29,30)16-20/h2-14,20H,15-16H2,1H3,(H,25,27)/t20-/m1/s1. The number of ether oxygens (including phenoxy) is 1. The van der Waals surface area contributed by atoms with Gasteiger partial charge in [-0.3, -0.25) is 4.79 Å². The third kappa shape index (κ3) is 4.81. The SMILES string of the molecule is Cc1cccc(-c2ccc(C(=O)N[C@@H]3C=CS(=O)(=O)C3)[n+]([O-])c2)c1OCc1ccccc1. The van der Waals surface area contributed by atoms with E-state index in [0.717, 1.165) is 22.1 Å². The molecule has 8 heteroatoms. The van der Waals surface area contributed by atoms with Gasteiger partial charge in [0, 0.05) is 17.0 Å². The first kappa shape index (κ1) is 21.6. The number of sulfone groups is 1. The van der Waals surface area contributed by atoms with Gasteiger partial charge in [0.05, 0.1) is 17.4 Å². The van der Waals surface area contributed by atoms with Crippen LogP contribution in [-0.4, -0.2) is 26.1 Å². The van der Waals surface area contributed by atoms with Crippen molar-refractivity contribution >= 4 is 15.7 Å². The van der Waals surface area contributed by atoms with Crippen LogP contribution in [0, 0.1) is 12.1 Å². The second-order valence-electron chi connectivity index (χ2n) is 7.59. The van der Waals surface area contributed by atoms with Gasteiger partial charge >= 0.3 is 5.91 Å². The van der Waals surface area contributed by atoms with Crippen LogP contribution in [0.25, 0.3) is 11.1 Å². The molecule has 0 fully saturated rings. The average molecular weight is 451 g/mol. The lowest BCUT2D eigenvalue weighted by molar-refractivity contribution is -0.607. The minimum atomic E-state index is -3.30. The van der Waals surface area contributed by atoms with Crippen LogP contribution in [0.4, 0.5) is 0 Å². The van der Waals surface area contributed by atoms with Crippen molar-refractivity contribution in [2.75, 3.05) is 5.75 Å². The third-order valence-electron chi connectivity index (χ3n) is 5.14. The molecule has 0 spiro atoms. The monoisotopic (exact) mass is 450 g/mol. The zero-order valence-electron chi connectivity index (χ0n) is 17.4. The molecule has 7 nitrogen and oxygen atoms in total. The normalized spacial score (nSPS) is 16.6. The molecule has 1 aliphatic heterocycles. The topological polar surface area (TPSA) is 99.4 Å². The van der Waals surface area contributed by atoms with Crippen molar-refractivity contribution in [3.8, 4) is 16.9 Å². The fourth-order valence-electron chi connectivity index (χ4n) is 3.53. The molecule has 1 atom stereocenters. The molecular formula is C24H22N2O5S. The number of nitrogens with zero attached hydrogens (tertiary/aromatic N) is 1. The number of carbonyl (C=O) groups excluding carboxylic acids is 1. The smallest absolute Gasteiger partial charge is 0.317 e. The Morgan fingerprint density at radius 3 is 2.59 bits per heavy atom. The van der Waals surface area contributed by atoms with Crippen LogP contribution in [0.3, 0.4) is 0 Å². The van der Waals surface area contributed by atoms with Gasteiger partial charge in [0.15, 0.2) is 16.0 Å². The van der Waals surface area contributed by atoms with Crippen molar-refractivity contribution in [3.63, 3.8) is 0 Å². The highest BCUT2D eigenvalue weighted by molar-refractivity contribution is 7.94. The lowest BCUT2D eigenvalue weighted by Gasteiger charge is -2.15. The lowest BCUT2D eigenvalue weighted by Crippen LogP contribution is -2.43. The maximum atomic E-state index is 12.6. The van der Waals surface area contributed by atoms with Gasteiger partial charge in [-0.1, -0.05) is 48.5 Å². The average Bonchev–Trinajstić information content (AvgIpc) is 3.11. The highest BCUT2D eigenvalue weighted by Gasteiger charge is 2.26.